The molecule has 2 heterocycles. The normalized spacial score (nSPS) is 23.1. The molecule has 2 N–H and O–H groups in total. The number of hydrogen-bond donors (Lipinski definition) is 2. The second-order valence-corrected chi connectivity index (χ2v) is 5.48. The Morgan fingerprint density at radius 2 is 2.42 bits per heavy atom. The third-order valence-electron chi connectivity index (χ3n) is 4.03. The molecule has 19 heavy (non-hydrogen) atoms. The zero-order valence-corrected chi connectivity index (χ0v) is 12.1. The van der Waals surface area contributed by atoms with Crippen molar-refractivity contribution in [2.75, 3.05) is 20.2 Å². The van der Waals surface area contributed by atoms with Crippen LogP contribution in [0.2, 0.25) is 0 Å². The van der Waals surface area contributed by atoms with Gasteiger partial charge in [0.15, 0.2) is 5.75 Å². The van der Waals surface area contributed by atoms with E-state index in [0.717, 1.165) is 44.6 Å². The lowest BCUT2D eigenvalue weighted by molar-refractivity contribution is -0.0250. The minimum Gasteiger partial charge on any atom is -0.493 e. The van der Waals surface area contributed by atoms with Crippen molar-refractivity contribution in [3.05, 3.63) is 11.9 Å². The summed E-state index contributed by atoms with van der Waals surface area (Å²) in [6.45, 7) is 6.67. The molecule has 2 atom stereocenters. The van der Waals surface area contributed by atoms with Crippen LogP contribution in [0, 0.1) is 5.92 Å². The number of nitrogens with zero attached hydrogens (tertiary/aromatic N) is 2. The van der Waals surface area contributed by atoms with Gasteiger partial charge in [0, 0.05) is 19.0 Å². The van der Waals surface area contributed by atoms with Crippen LogP contribution in [0.15, 0.2) is 6.20 Å². The van der Waals surface area contributed by atoms with Crippen molar-refractivity contribution >= 4 is 0 Å². The molecule has 2 unspecified atom stereocenters. The standard InChI is InChI=1S/C14H25N3O2/c1-4-8-17-13(12(19-3)10-16-17)14(2,18)11-6-5-7-15-9-11/h10-11,15,18H,4-9H2,1-3H3. The minimum atomic E-state index is -0.912. The predicted molar refractivity (Wildman–Crippen MR) is 74.2 cm³/mol. The van der Waals surface area contributed by atoms with Gasteiger partial charge < -0.3 is 15.2 Å². The van der Waals surface area contributed by atoms with Gasteiger partial charge in [0.1, 0.15) is 11.3 Å². The lowest BCUT2D eigenvalue weighted by Crippen LogP contribution is -2.43. The van der Waals surface area contributed by atoms with Crippen LogP contribution < -0.4 is 10.1 Å². The Morgan fingerprint density at radius 1 is 1.63 bits per heavy atom. The monoisotopic (exact) mass is 267 g/mol. The molecule has 2 rings (SSSR count). The number of piperidine rings is 1. The van der Waals surface area contributed by atoms with Crippen molar-refractivity contribution in [2.45, 2.75) is 45.3 Å². The summed E-state index contributed by atoms with van der Waals surface area (Å²) in [6.07, 6.45) is 4.82. The Morgan fingerprint density at radius 3 is 3.00 bits per heavy atom. The fourth-order valence-electron chi connectivity index (χ4n) is 2.93. The highest BCUT2D eigenvalue weighted by atomic mass is 16.5. The van der Waals surface area contributed by atoms with Crippen molar-refractivity contribution in [1.82, 2.24) is 15.1 Å². The second kappa shape index (κ2) is 5.92. The Balaban J connectivity index is 2.33. The maximum Gasteiger partial charge on any atom is 0.162 e. The van der Waals surface area contributed by atoms with E-state index in [2.05, 4.69) is 17.3 Å². The van der Waals surface area contributed by atoms with Crippen LogP contribution in [0.4, 0.5) is 0 Å². The first kappa shape index (κ1) is 14.3. The minimum absolute atomic E-state index is 0.197. The topological polar surface area (TPSA) is 59.3 Å². The fourth-order valence-corrected chi connectivity index (χ4v) is 2.93. The molecule has 108 valence electrons. The first-order valence-corrected chi connectivity index (χ1v) is 7.14. The summed E-state index contributed by atoms with van der Waals surface area (Å²) < 4.78 is 7.27. The molecule has 1 saturated heterocycles. The molecule has 0 aliphatic carbocycles. The van der Waals surface area contributed by atoms with E-state index in [1.807, 2.05) is 11.6 Å². The van der Waals surface area contributed by atoms with E-state index in [-0.39, 0.29) is 5.92 Å². The van der Waals surface area contributed by atoms with E-state index in [1.165, 1.54) is 0 Å². The van der Waals surface area contributed by atoms with Gasteiger partial charge in [-0.25, -0.2) is 0 Å². The lowest BCUT2D eigenvalue weighted by atomic mass is 9.81. The molecule has 0 radical (unpaired) electrons. The highest BCUT2D eigenvalue weighted by Gasteiger charge is 2.39. The van der Waals surface area contributed by atoms with E-state index in [9.17, 15) is 5.11 Å². The Kier molecular flexibility index (Phi) is 4.47. The average molecular weight is 267 g/mol. The largest absolute Gasteiger partial charge is 0.493 e. The Bertz CT molecular complexity index is 409. The molecular formula is C14H25N3O2. The number of nitrogens with one attached hydrogen (secondary N) is 1. The zero-order valence-electron chi connectivity index (χ0n) is 12.1. The molecule has 1 fully saturated rings. The maximum absolute atomic E-state index is 11.0. The van der Waals surface area contributed by atoms with Crippen molar-refractivity contribution in [2.24, 2.45) is 5.92 Å². The van der Waals surface area contributed by atoms with Gasteiger partial charge in [-0.05, 0) is 32.7 Å². The van der Waals surface area contributed by atoms with Gasteiger partial charge in [-0.15, -0.1) is 0 Å². The lowest BCUT2D eigenvalue weighted by Gasteiger charge is -2.36. The first-order valence-electron chi connectivity index (χ1n) is 7.14. The molecule has 1 aromatic rings. The number of ether oxygens (including phenoxy) is 1. The summed E-state index contributed by atoms with van der Waals surface area (Å²) in [5.41, 5.74) is -0.102. The Labute approximate surface area is 115 Å². The fraction of sp³-hybridized carbons (Fsp3) is 0.786. The highest BCUT2D eigenvalue weighted by Crippen LogP contribution is 2.38. The quantitative estimate of drug-likeness (QED) is 0.849. The number of aromatic nitrogens is 2. The molecule has 0 aromatic carbocycles. The molecule has 5 nitrogen and oxygen atoms in total. The van der Waals surface area contributed by atoms with Crippen molar-refractivity contribution in [1.29, 1.82) is 0 Å². The molecule has 5 heteroatoms. The molecule has 1 aliphatic rings. The third kappa shape index (κ3) is 2.77. The van der Waals surface area contributed by atoms with Crippen molar-refractivity contribution in [3.8, 4) is 5.75 Å². The van der Waals surface area contributed by atoms with Crippen LogP contribution in [-0.2, 0) is 12.1 Å². The van der Waals surface area contributed by atoms with Gasteiger partial charge in [-0.1, -0.05) is 6.92 Å². The number of methoxy groups -OCH3 is 1. The van der Waals surface area contributed by atoms with Gasteiger partial charge in [0.25, 0.3) is 0 Å². The van der Waals surface area contributed by atoms with Gasteiger partial charge >= 0.3 is 0 Å². The van der Waals surface area contributed by atoms with Crippen LogP contribution in [-0.4, -0.2) is 35.1 Å². The van der Waals surface area contributed by atoms with E-state index >= 15 is 0 Å². The maximum atomic E-state index is 11.0. The SMILES string of the molecule is CCCn1ncc(OC)c1C(C)(O)C1CCCNC1. The van der Waals surface area contributed by atoms with E-state index in [4.69, 9.17) is 4.74 Å². The molecule has 0 bridgehead atoms. The first-order chi connectivity index (χ1) is 9.11. The average Bonchev–Trinajstić information content (AvgIpc) is 2.84. The molecular weight excluding hydrogens is 242 g/mol. The van der Waals surface area contributed by atoms with Crippen LogP contribution >= 0.6 is 0 Å². The van der Waals surface area contributed by atoms with Gasteiger partial charge in [-0.2, -0.15) is 5.10 Å². The predicted octanol–water partition coefficient (Wildman–Crippen LogP) is 1.51. The van der Waals surface area contributed by atoms with E-state index in [0.29, 0.717) is 5.75 Å². The molecule has 0 amide bonds. The van der Waals surface area contributed by atoms with Crippen LogP contribution in [0.1, 0.15) is 38.8 Å². The summed E-state index contributed by atoms with van der Waals surface area (Å²) in [4.78, 5) is 0. The number of aryl methyl sites for hydroxylation is 1. The molecule has 1 aromatic heterocycles. The highest BCUT2D eigenvalue weighted by molar-refractivity contribution is 5.31. The number of hydrogen-bond acceptors (Lipinski definition) is 4. The molecule has 0 spiro atoms. The van der Waals surface area contributed by atoms with Gasteiger partial charge in [0.05, 0.1) is 13.3 Å². The Hall–Kier alpha value is -1.07. The van der Waals surface area contributed by atoms with Crippen molar-refractivity contribution in [3.63, 3.8) is 0 Å². The molecule has 0 saturated carbocycles. The molecule has 1 aliphatic heterocycles. The zero-order chi connectivity index (χ0) is 13.9. The second-order valence-electron chi connectivity index (χ2n) is 5.48. The van der Waals surface area contributed by atoms with Crippen molar-refractivity contribution < 1.29 is 9.84 Å². The number of rotatable bonds is 5. The summed E-state index contributed by atoms with van der Waals surface area (Å²) >= 11 is 0. The summed E-state index contributed by atoms with van der Waals surface area (Å²) in [6, 6.07) is 0. The smallest absolute Gasteiger partial charge is 0.162 e. The van der Waals surface area contributed by atoms with Gasteiger partial charge in [-0.3, -0.25) is 4.68 Å². The van der Waals surface area contributed by atoms with Crippen LogP contribution in [0.25, 0.3) is 0 Å². The number of aliphatic hydroxyl groups is 1. The van der Waals surface area contributed by atoms with Gasteiger partial charge in [0.2, 0.25) is 0 Å². The van der Waals surface area contributed by atoms with Crippen LogP contribution in [0.3, 0.4) is 0 Å². The third-order valence-corrected chi connectivity index (χ3v) is 4.03. The van der Waals surface area contributed by atoms with E-state index < -0.39 is 5.60 Å². The van der Waals surface area contributed by atoms with Crippen LogP contribution in [0.5, 0.6) is 5.75 Å². The summed E-state index contributed by atoms with van der Waals surface area (Å²) in [5.74, 6) is 0.881. The van der Waals surface area contributed by atoms with E-state index in [1.54, 1.807) is 13.3 Å². The summed E-state index contributed by atoms with van der Waals surface area (Å²) in [5, 5.41) is 18.7. The summed E-state index contributed by atoms with van der Waals surface area (Å²) in [7, 11) is 1.63.